The van der Waals surface area contributed by atoms with E-state index < -0.39 is 0 Å². The highest BCUT2D eigenvalue weighted by Gasteiger charge is 2.20. The van der Waals surface area contributed by atoms with Gasteiger partial charge < -0.3 is 10.8 Å². The lowest BCUT2D eigenvalue weighted by Gasteiger charge is -2.20. The van der Waals surface area contributed by atoms with Gasteiger partial charge in [0.2, 0.25) is 5.28 Å². The second-order valence-corrected chi connectivity index (χ2v) is 5.45. The monoisotopic (exact) mass is 233 g/mol. The van der Waals surface area contributed by atoms with Crippen LogP contribution in [0.15, 0.2) is 11.2 Å². The number of aliphatic hydroxyl groups is 1. The van der Waals surface area contributed by atoms with Crippen LogP contribution in [0.2, 0.25) is 5.28 Å². The van der Waals surface area contributed by atoms with Crippen molar-refractivity contribution in [1.29, 1.82) is 0 Å². The van der Waals surface area contributed by atoms with Crippen LogP contribution < -0.4 is 5.73 Å². The van der Waals surface area contributed by atoms with E-state index in [9.17, 15) is 0 Å². The fourth-order valence-corrected chi connectivity index (χ4v) is 1.81. The van der Waals surface area contributed by atoms with Gasteiger partial charge in [-0.05, 0) is 25.4 Å². The summed E-state index contributed by atoms with van der Waals surface area (Å²) in [5.74, 6) is 0. The van der Waals surface area contributed by atoms with Crippen molar-refractivity contribution in [3.63, 3.8) is 0 Å². The smallest absolute Gasteiger partial charge is 0.223 e. The number of anilines is 1. The van der Waals surface area contributed by atoms with E-state index in [0.717, 1.165) is 0 Å². The fourth-order valence-electron chi connectivity index (χ4n) is 0.731. The molecule has 1 aromatic rings. The molecule has 0 aliphatic carbocycles. The van der Waals surface area contributed by atoms with Crippen LogP contribution in [0.25, 0.3) is 0 Å². The summed E-state index contributed by atoms with van der Waals surface area (Å²) >= 11 is 7.01. The Hall–Kier alpha value is -0.520. The maximum Gasteiger partial charge on any atom is 0.223 e. The highest BCUT2D eigenvalue weighted by atomic mass is 35.5. The predicted molar refractivity (Wildman–Crippen MR) is 58.5 cm³/mol. The Bertz CT molecular complexity index is 332. The standard InChI is InChI=1S/C8H12ClN3OS/c1-8(2,4-13)14-6-5(10)3-11-7(9)12-6/h3,13H,4,10H2,1-2H3. The first-order valence-electron chi connectivity index (χ1n) is 4.02. The van der Waals surface area contributed by atoms with Gasteiger partial charge in [0.1, 0.15) is 5.03 Å². The Morgan fingerprint density at radius 3 is 2.86 bits per heavy atom. The third-order valence-electron chi connectivity index (χ3n) is 1.50. The van der Waals surface area contributed by atoms with Crippen LogP contribution in [0.5, 0.6) is 0 Å². The Labute approximate surface area is 91.9 Å². The molecule has 0 saturated heterocycles. The van der Waals surface area contributed by atoms with Crippen LogP contribution in [0, 0.1) is 0 Å². The first-order chi connectivity index (χ1) is 6.44. The number of aromatic nitrogens is 2. The van der Waals surface area contributed by atoms with E-state index in [1.807, 2.05) is 13.8 Å². The maximum absolute atomic E-state index is 9.08. The normalized spacial score (nSPS) is 11.7. The van der Waals surface area contributed by atoms with Crippen molar-refractivity contribution in [2.45, 2.75) is 23.6 Å². The van der Waals surface area contributed by atoms with Gasteiger partial charge in [-0.1, -0.05) is 11.8 Å². The number of nitrogens with two attached hydrogens (primary N) is 1. The molecule has 0 amide bonds. The molecule has 0 bridgehead atoms. The molecule has 0 aliphatic rings. The van der Waals surface area contributed by atoms with E-state index >= 15 is 0 Å². The molecule has 78 valence electrons. The third-order valence-corrected chi connectivity index (χ3v) is 2.89. The van der Waals surface area contributed by atoms with Crippen LogP contribution >= 0.6 is 23.4 Å². The zero-order chi connectivity index (χ0) is 10.8. The van der Waals surface area contributed by atoms with E-state index in [0.29, 0.717) is 10.7 Å². The summed E-state index contributed by atoms with van der Waals surface area (Å²) in [7, 11) is 0. The number of nitrogens with zero attached hydrogens (tertiary/aromatic N) is 2. The van der Waals surface area contributed by atoms with Crippen molar-refractivity contribution in [3.8, 4) is 0 Å². The van der Waals surface area contributed by atoms with Crippen molar-refractivity contribution >= 4 is 29.1 Å². The third kappa shape index (κ3) is 3.01. The minimum absolute atomic E-state index is 0.0404. The molecule has 0 aromatic carbocycles. The minimum atomic E-state index is -0.328. The maximum atomic E-state index is 9.08. The second kappa shape index (κ2) is 4.33. The SMILES string of the molecule is CC(C)(CO)Sc1nc(Cl)ncc1N. The molecule has 1 heterocycles. The Balaban J connectivity index is 2.91. The van der Waals surface area contributed by atoms with Gasteiger partial charge >= 0.3 is 0 Å². The number of hydrogen-bond acceptors (Lipinski definition) is 5. The molecule has 14 heavy (non-hydrogen) atoms. The Morgan fingerprint density at radius 2 is 2.29 bits per heavy atom. The highest BCUT2D eigenvalue weighted by Crippen LogP contribution is 2.34. The molecule has 1 aromatic heterocycles. The van der Waals surface area contributed by atoms with Crippen LogP contribution in [0.4, 0.5) is 5.69 Å². The summed E-state index contributed by atoms with van der Waals surface area (Å²) in [5, 5.41) is 9.84. The molecule has 3 N–H and O–H groups in total. The number of rotatable bonds is 3. The number of hydrogen-bond donors (Lipinski definition) is 2. The van der Waals surface area contributed by atoms with Gasteiger partial charge in [0.05, 0.1) is 18.5 Å². The molecule has 4 nitrogen and oxygen atoms in total. The zero-order valence-corrected chi connectivity index (χ0v) is 9.56. The predicted octanol–water partition coefficient (Wildman–Crippen LogP) is 1.58. The first-order valence-corrected chi connectivity index (χ1v) is 5.22. The lowest BCUT2D eigenvalue weighted by molar-refractivity contribution is 0.265. The molecule has 0 fully saturated rings. The molecular weight excluding hydrogens is 222 g/mol. The van der Waals surface area contributed by atoms with E-state index in [4.69, 9.17) is 22.4 Å². The van der Waals surface area contributed by atoms with Gasteiger partial charge in [0.25, 0.3) is 0 Å². The summed E-state index contributed by atoms with van der Waals surface area (Å²) in [6, 6.07) is 0. The largest absolute Gasteiger partial charge is 0.395 e. The lowest BCUT2D eigenvalue weighted by Crippen LogP contribution is -2.20. The summed E-state index contributed by atoms with van der Waals surface area (Å²) in [6.45, 7) is 3.83. The van der Waals surface area contributed by atoms with Crippen molar-refractivity contribution in [3.05, 3.63) is 11.5 Å². The Morgan fingerprint density at radius 1 is 1.64 bits per heavy atom. The second-order valence-electron chi connectivity index (χ2n) is 3.42. The van der Waals surface area contributed by atoms with Crippen molar-refractivity contribution in [2.24, 2.45) is 0 Å². The molecular formula is C8H12ClN3OS. The van der Waals surface area contributed by atoms with Crippen LogP contribution in [0.1, 0.15) is 13.8 Å². The molecule has 0 atom stereocenters. The Kier molecular flexibility index (Phi) is 3.58. The number of thioether (sulfide) groups is 1. The number of halogens is 1. The quantitative estimate of drug-likeness (QED) is 0.471. The van der Waals surface area contributed by atoms with Gasteiger partial charge in [-0.3, -0.25) is 0 Å². The van der Waals surface area contributed by atoms with E-state index in [-0.39, 0.29) is 16.6 Å². The summed E-state index contributed by atoms with van der Waals surface area (Å²) < 4.78 is -0.328. The van der Waals surface area contributed by atoms with Crippen molar-refractivity contribution < 1.29 is 5.11 Å². The van der Waals surface area contributed by atoms with Gasteiger partial charge in [0.15, 0.2) is 0 Å². The molecule has 0 aliphatic heterocycles. The topological polar surface area (TPSA) is 72.0 Å². The van der Waals surface area contributed by atoms with E-state index in [1.165, 1.54) is 18.0 Å². The number of aliphatic hydroxyl groups excluding tert-OH is 1. The molecule has 0 saturated carbocycles. The summed E-state index contributed by atoms with van der Waals surface area (Å²) in [5.41, 5.74) is 6.14. The first kappa shape index (κ1) is 11.6. The summed E-state index contributed by atoms with van der Waals surface area (Å²) in [4.78, 5) is 7.74. The molecule has 0 spiro atoms. The molecule has 0 unspecified atom stereocenters. The minimum Gasteiger partial charge on any atom is -0.395 e. The van der Waals surface area contributed by atoms with E-state index in [2.05, 4.69) is 9.97 Å². The van der Waals surface area contributed by atoms with Gasteiger partial charge in [0, 0.05) is 4.75 Å². The highest BCUT2D eigenvalue weighted by molar-refractivity contribution is 8.00. The van der Waals surface area contributed by atoms with Gasteiger partial charge in [-0.2, -0.15) is 0 Å². The van der Waals surface area contributed by atoms with Gasteiger partial charge in [-0.15, -0.1) is 0 Å². The van der Waals surface area contributed by atoms with Crippen LogP contribution in [0.3, 0.4) is 0 Å². The number of nitrogen functional groups attached to an aromatic ring is 1. The van der Waals surface area contributed by atoms with Gasteiger partial charge in [-0.25, -0.2) is 9.97 Å². The molecule has 0 radical (unpaired) electrons. The zero-order valence-electron chi connectivity index (χ0n) is 7.99. The van der Waals surface area contributed by atoms with Crippen molar-refractivity contribution in [1.82, 2.24) is 9.97 Å². The fraction of sp³-hybridized carbons (Fsp3) is 0.500. The summed E-state index contributed by atoms with van der Waals surface area (Å²) in [6.07, 6.45) is 1.46. The average Bonchev–Trinajstić information content (AvgIpc) is 2.11. The van der Waals surface area contributed by atoms with Crippen LogP contribution in [-0.4, -0.2) is 26.4 Å². The molecule has 6 heteroatoms. The lowest BCUT2D eigenvalue weighted by atomic mass is 10.2. The van der Waals surface area contributed by atoms with Crippen molar-refractivity contribution in [2.75, 3.05) is 12.3 Å². The van der Waals surface area contributed by atoms with Crippen LogP contribution in [-0.2, 0) is 0 Å². The van der Waals surface area contributed by atoms with E-state index in [1.54, 1.807) is 0 Å². The molecule has 1 rings (SSSR count). The average molecular weight is 234 g/mol.